The number of carbonyl (C=O) groups excluding carboxylic acids is 2. The number of hydrogen-bond donors (Lipinski definition) is 2. The quantitative estimate of drug-likeness (QED) is 0.613. The van der Waals surface area contributed by atoms with Gasteiger partial charge in [0.25, 0.3) is 0 Å². The normalized spacial score (nSPS) is 23.5. The minimum absolute atomic E-state index is 0.0453. The zero-order valence-corrected chi connectivity index (χ0v) is 18.9. The lowest BCUT2D eigenvalue weighted by Crippen LogP contribution is -2.46. The second kappa shape index (κ2) is 10.7. The third-order valence-corrected chi connectivity index (χ3v) is 7.13. The van der Waals surface area contributed by atoms with Gasteiger partial charge in [-0.15, -0.1) is 0 Å². The number of Topliss-reactive ketones (excluding diaryl/α,β-unsaturated/α-hetero) is 1. The van der Waals surface area contributed by atoms with E-state index in [0.29, 0.717) is 11.5 Å². The number of carbonyl (C=O) groups is 2. The molecule has 0 atom stereocenters. The molecule has 1 aromatic rings. The topological polar surface area (TPSA) is 69.6 Å². The van der Waals surface area contributed by atoms with Crippen molar-refractivity contribution in [2.75, 3.05) is 26.2 Å². The van der Waals surface area contributed by atoms with Gasteiger partial charge < -0.3 is 15.3 Å². The van der Waals surface area contributed by atoms with Crippen LogP contribution < -0.4 is 5.32 Å². The summed E-state index contributed by atoms with van der Waals surface area (Å²) in [5, 5.41) is 12.5. The first-order valence-electron chi connectivity index (χ1n) is 11.7. The number of piperidine rings is 1. The molecule has 31 heavy (non-hydrogen) atoms. The molecule has 2 aliphatic rings. The van der Waals surface area contributed by atoms with E-state index < -0.39 is 5.41 Å². The molecule has 5 nitrogen and oxygen atoms in total. The summed E-state index contributed by atoms with van der Waals surface area (Å²) in [5.74, 6) is 0.513. The van der Waals surface area contributed by atoms with E-state index in [1.807, 2.05) is 0 Å². The van der Waals surface area contributed by atoms with Crippen LogP contribution in [-0.4, -0.2) is 54.0 Å². The van der Waals surface area contributed by atoms with Crippen molar-refractivity contribution in [2.24, 2.45) is 17.3 Å². The van der Waals surface area contributed by atoms with Crippen molar-refractivity contribution in [3.05, 3.63) is 35.6 Å². The number of halogens is 1. The number of nitrogens with one attached hydrogen (secondary N) is 1. The minimum atomic E-state index is -0.721. The number of hydrogen-bond acceptors (Lipinski definition) is 4. The van der Waals surface area contributed by atoms with Crippen LogP contribution in [0, 0.1) is 23.1 Å². The van der Waals surface area contributed by atoms with Gasteiger partial charge in [-0.05, 0) is 109 Å². The number of likely N-dealkylation sites (tertiary alicyclic amines) is 1. The fourth-order valence-electron chi connectivity index (χ4n) is 4.68. The highest BCUT2D eigenvalue weighted by Crippen LogP contribution is 2.29. The Bertz CT molecular complexity index is 734. The number of benzene rings is 1. The summed E-state index contributed by atoms with van der Waals surface area (Å²) < 4.78 is 13.1. The maximum Gasteiger partial charge on any atom is 0.228 e. The lowest BCUT2D eigenvalue weighted by Gasteiger charge is -2.34. The summed E-state index contributed by atoms with van der Waals surface area (Å²) >= 11 is 0. The predicted octanol–water partition coefficient (Wildman–Crippen LogP) is 3.80. The number of rotatable bonds is 8. The van der Waals surface area contributed by atoms with E-state index in [2.05, 4.69) is 10.2 Å². The smallest absolute Gasteiger partial charge is 0.228 e. The Balaban J connectivity index is 1.34. The molecular formula is C25H37FN2O3. The largest absolute Gasteiger partial charge is 0.395 e. The molecule has 1 aromatic carbocycles. The monoisotopic (exact) mass is 432 g/mol. The van der Waals surface area contributed by atoms with Crippen LogP contribution in [0.15, 0.2) is 24.3 Å². The summed E-state index contributed by atoms with van der Waals surface area (Å²) in [6, 6.07) is 6.12. The number of aliphatic hydroxyl groups is 1. The summed E-state index contributed by atoms with van der Waals surface area (Å²) in [4.78, 5) is 27.3. The molecular weight excluding hydrogens is 395 g/mol. The second-order valence-electron chi connectivity index (χ2n) is 10.0. The molecule has 1 heterocycles. The van der Waals surface area contributed by atoms with Crippen molar-refractivity contribution < 1.29 is 19.1 Å². The number of ketones is 1. The Morgan fingerprint density at radius 1 is 1.06 bits per heavy atom. The number of aliphatic hydroxyl groups excluding tert-OH is 1. The molecule has 1 amide bonds. The summed E-state index contributed by atoms with van der Waals surface area (Å²) in [7, 11) is 0. The van der Waals surface area contributed by atoms with Crippen LogP contribution >= 0.6 is 0 Å². The zero-order valence-electron chi connectivity index (χ0n) is 18.9. The standard InChI is InChI=1S/C25H37FN2O3/c1-25(2,17-29)24(31)27-22-9-3-18(4-10-22)11-14-28-15-12-20(13-16-28)23(30)19-5-7-21(26)8-6-19/h5-8,18,20,22,29H,3-4,9-17H2,1-2H3,(H,27,31). The average Bonchev–Trinajstić information content (AvgIpc) is 2.79. The third kappa shape index (κ3) is 6.59. The van der Waals surface area contributed by atoms with Gasteiger partial charge >= 0.3 is 0 Å². The Hall–Kier alpha value is -1.79. The van der Waals surface area contributed by atoms with Crippen LogP contribution in [0.2, 0.25) is 0 Å². The molecule has 0 unspecified atom stereocenters. The molecule has 172 valence electrons. The van der Waals surface area contributed by atoms with E-state index in [9.17, 15) is 19.1 Å². The Morgan fingerprint density at radius 2 is 1.68 bits per heavy atom. The van der Waals surface area contributed by atoms with Gasteiger partial charge in [0.2, 0.25) is 5.91 Å². The van der Waals surface area contributed by atoms with E-state index in [-0.39, 0.29) is 36.1 Å². The Kier molecular flexibility index (Phi) is 8.23. The molecule has 0 bridgehead atoms. The summed E-state index contributed by atoms with van der Waals surface area (Å²) in [6.45, 7) is 6.35. The lowest BCUT2D eigenvalue weighted by molar-refractivity contribution is -0.132. The van der Waals surface area contributed by atoms with Crippen LogP contribution in [0.5, 0.6) is 0 Å². The highest BCUT2D eigenvalue weighted by Gasteiger charge is 2.31. The Labute approximate surface area is 185 Å². The first kappa shape index (κ1) is 23.9. The first-order valence-corrected chi connectivity index (χ1v) is 11.7. The van der Waals surface area contributed by atoms with Gasteiger partial charge in [0.05, 0.1) is 12.0 Å². The van der Waals surface area contributed by atoms with Gasteiger partial charge in [0, 0.05) is 17.5 Å². The van der Waals surface area contributed by atoms with Crippen molar-refractivity contribution >= 4 is 11.7 Å². The van der Waals surface area contributed by atoms with Crippen LogP contribution in [0.1, 0.15) is 69.2 Å². The Morgan fingerprint density at radius 3 is 2.26 bits per heavy atom. The molecule has 0 aromatic heterocycles. The fraction of sp³-hybridized carbons (Fsp3) is 0.680. The van der Waals surface area contributed by atoms with Gasteiger partial charge in [-0.3, -0.25) is 9.59 Å². The van der Waals surface area contributed by atoms with Crippen LogP contribution in [-0.2, 0) is 4.79 Å². The van der Waals surface area contributed by atoms with Crippen molar-refractivity contribution in [1.82, 2.24) is 10.2 Å². The molecule has 1 aliphatic carbocycles. The maximum absolute atomic E-state index is 13.1. The fourth-order valence-corrected chi connectivity index (χ4v) is 4.68. The molecule has 3 rings (SSSR count). The van der Waals surface area contributed by atoms with Crippen molar-refractivity contribution in [3.8, 4) is 0 Å². The first-order chi connectivity index (χ1) is 14.8. The van der Waals surface area contributed by atoms with Crippen molar-refractivity contribution in [2.45, 2.75) is 64.8 Å². The maximum atomic E-state index is 13.1. The molecule has 2 fully saturated rings. The third-order valence-electron chi connectivity index (χ3n) is 7.13. The van der Waals surface area contributed by atoms with E-state index in [0.717, 1.165) is 58.2 Å². The summed E-state index contributed by atoms with van der Waals surface area (Å²) in [5.41, 5.74) is -0.104. The van der Waals surface area contributed by atoms with Crippen LogP contribution in [0.25, 0.3) is 0 Å². The van der Waals surface area contributed by atoms with E-state index in [4.69, 9.17) is 0 Å². The SMILES string of the molecule is CC(C)(CO)C(=O)NC1CCC(CCN2CCC(C(=O)c3ccc(F)cc3)CC2)CC1. The van der Waals surface area contributed by atoms with Crippen LogP contribution in [0.4, 0.5) is 4.39 Å². The van der Waals surface area contributed by atoms with E-state index in [1.54, 1.807) is 26.0 Å². The molecule has 1 saturated heterocycles. The average molecular weight is 433 g/mol. The van der Waals surface area contributed by atoms with Crippen molar-refractivity contribution in [3.63, 3.8) is 0 Å². The predicted molar refractivity (Wildman–Crippen MR) is 119 cm³/mol. The number of amides is 1. The molecule has 6 heteroatoms. The van der Waals surface area contributed by atoms with Gasteiger partial charge in [0.1, 0.15) is 5.82 Å². The molecule has 1 saturated carbocycles. The van der Waals surface area contributed by atoms with E-state index in [1.165, 1.54) is 18.6 Å². The van der Waals surface area contributed by atoms with Crippen molar-refractivity contribution in [1.29, 1.82) is 0 Å². The highest BCUT2D eigenvalue weighted by atomic mass is 19.1. The molecule has 0 spiro atoms. The van der Waals surface area contributed by atoms with E-state index >= 15 is 0 Å². The van der Waals surface area contributed by atoms with Gasteiger partial charge in [-0.2, -0.15) is 0 Å². The highest BCUT2D eigenvalue weighted by molar-refractivity contribution is 5.97. The summed E-state index contributed by atoms with van der Waals surface area (Å²) in [6.07, 6.45) is 7.18. The van der Waals surface area contributed by atoms with Crippen LogP contribution in [0.3, 0.4) is 0 Å². The number of nitrogens with zero attached hydrogens (tertiary/aromatic N) is 1. The second-order valence-corrected chi connectivity index (χ2v) is 10.0. The minimum Gasteiger partial charge on any atom is -0.395 e. The molecule has 2 N–H and O–H groups in total. The molecule has 1 aliphatic heterocycles. The lowest BCUT2D eigenvalue weighted by atomic mass is 9.83. The van der Waals surface area contributed by atoms with Gasteiger partial charge in [0.15, 0.2) is 5.78 Å². The zero-order chi connectivity index (χ0) is 22.4. The van der Waals surface area contributed by atoms with Gasteiger partial charge in [-0.25, -0.2) is 4.39 Å². The molecule has 0 radical (unpaired) electrons. The van der Waals surface area contributed by atoms with Gasteiger partial charge in [-0.1, -0.05) is 0 Å².